The number of rotatable bonds is 7. The molecular weight excluding hydrogens is 442 g/mol. The number of hydrogen-bond acceptors (Lipinski definition) is 6. The van der Waals surface area contributed by atoms with Gasteiger partial charge in [-0.05, 0) is 6.08 Å². The van der Waals surface area contributed by atoms with E-state index in [1.54, 1.807) is 0 Å². The predicted octanol–water partition coefficient (Wildman–Crippen LogP) is 3.39. The van der Waals surface area contributed by atoms with Gasteiger partial charge in [-0.15, -0.1) is 5.10 Å². The quantitative estimate of drug-likeness (QED) is 0.454. The maximum Gasteiger partial charge on any atom is 0.471 e. The Morgan fingerprint density at radius 1 is 1.29 bits per heavy atom. The van der Waals surface area contributed by atoms with Crippen LogP contribution in [0.5, 0.6) is 0 Å². The zero-order valence-corrected chi connectivity index (χ0v) is 17.3. The number of hydrogen-bond donors (Lipinski definition) is 3. The molecule has 0 aromatic carbocycles. The van der Waals surface area contributed by atoms with Gasteiger partial charge in [0.2, 0.25) is 0 Å². The van der Waals surface area contributed by atoms with Crippen LogP contribution >= 0.6 is 7.82 Å². The molecule has 3 aromatic rings. The summed E-state index contributed by atoms with van der Waals surface area (Å²) in [5, 5.41) is 3.26. The maximum atomic E-state index is 13.2. The van der Waals surface area contributed by atoms with E-state index in [0.29, 0.717) is 10.4 Å². The van der Waals surface area contributed by atoms with Gasteiger partial charge in [-0.3, -0.25) is 9.09 Å². The van der Waals surface area contributed by atoms with Crippen LogP contribution < -0.4 is 0 Å². The highest BCUT2D eigenvalue weighted by Gasteiger charge is 2.38. The summed E-state index contributed by atoms with van der Waals surface area (Å²) in [5.41, 5.74) is 0.492. The maximum absolute atomic E-state index is 13.2. The van der Waals surface area contributed by atoms with Crippen molar-refractivity contribution in [3.63, 3.8) is 0 Å². The molecule has 0 bridgehead atoms. The fraction of sp³-hybridized carbons (Fsp3) is 0.250. The summed E-state index contributed by atoms with van der Waals surface area (Å²) in [4.78, 5) is 32.1. The van der Waals surface area contributed by atoms with Crippen LogP contribution in [0.3, 0.4) is 0 Å². The van der Waals surface area contributed by atoms with Crippen LogP contribution in [0.15, 0.2) is 25.7 Å². The van der Waals surface area contributed by atoms with Gasteiger partial charge < -0.3 is 14.8 Å². The van der Waals surface area contributed by atoms with Crippen molar-refractivity contribution in [2.45, 2.75) is 26.8 Å². The molecule has 31 heavy (non-hydrogen) atoms. The number of imidazole rings is 2. The molecule has 0 saturated heterocycles. The largest absolute Gasteiger partial charge is 0.471 e. The Kier molecular flexibility index (Phi) is 7.33. The number of alkyl halides is 3. The number of H-pyrrole nitrogens is 1. The standard InChI is InChI=1S/C14H13F3N7O4P.C2H6/c1-3-9-20-10(11(23(9)4-2)8-5-18-6-19-8)12-21-13(14(15,16)17)22-24(12)7-28-29(25,26)27;1-2/h3-6H,1-2,7H2,(H,18,19)(H2,25,26,27);1-2H3. The molecule has 0 fully saturated rings. The van der Waals surface area contributed by atoms with Crippen LogP contribution in [0.1, 0.15) is 25.5 Å². The summed E-state index contributed by atoms with van der Waals surface area (Å²) >= 11 is 0. The van der Waals surface area contributed by atoms with Gasteiger partial charge in [-0.2, -0.15) is 13.2 Å². The smallest absolute Gasteiger partial charge is 0.343 e. The molecule has 0 aliphatic carbocycles. The lowest BCUT2D eigenvalue weighted by molar-refractivity contribution is -0.145. The van der Waals surface area contributed by atoms with Crippen LogP contribution in [0.25, 0.3) is 35.2 Å². The average molecular weight is 461 g/mol. The van der Waals surface area contributed by atoms with E-state index < -0.39 is 32.4 Å². The lowest BCUT2D eigenvalue weighted by Gasteiger charge is -2.08. The van der Waals surface area contributed by atoms with Gasteiger partial charge in [-0.25, -0.2) is 24.2 Å². The lowest BCUT2D eigenvalue weighted by Crippen LogP contribution is -2.10. The molecule has 0 atom stereocenters. The molecule has 3 N–H and O–H groups in total. The van der Waals surface area contributed by atoms with Crippen LogP contribution in [0.4, 0.5) is 13.2 Å². The van der Waals surface area contributed by atoms with E-state index in [1.165, 1.54) is 29.4 Å². The SMILES string of the molecule is C=Cc1nc(-c2nc(C(F)(F)F)nn2COP(=O)(O)O)c(-c2cnc[nH]2)n1C=C.CC. The molecular formula is C16H19F3N7O4P. The molecule has 15 heteroatoms. The monoisotopic (exact) mass is 461 g/mol. The van der Waals surface area contributed by atoms with Crippen molar-refractivity contribution in [1.29, 1.82) is 0 Å². The van der Waals surface area contributed by atoms with Crippen molar-refractivity contribution in [2.75, 3.05) is 0 Å². The topological polar surface area (TPSA) is 144 Å². The molecule has 0 unspecified atom stereocenters. The first-order valence-corrected chi connectivity index (χ1v) is 10.2. The van der Waals surface area contributed by atoms with Gasteiger partial charge in [0.05, 0.1) is 18.2 Å². The van der Waals surface area contributed by atoms with Gasteiger partial charge in [-0.1, -0.05) is 27.0 Å². The Morgan fingerprint density at radius 2 is 1.97 bits per heavy atom. The molecule has 11 nitrogen and oxygen atoms in total. The minimum Gasteiger partial charge on any atom is -0.343 e. The lowest BCUT2D eigenvalue weighted by atomic mass is 10.2. The number of aromatic nitrogens is 7. The van der Waals surface area contributed by atoms with E-state index in [0.717, 1.165) is 0 Å². The van der Waals surface area contributed by atoms with Crippen molar-refractivity contribution >= 4 is 20.1 Å². The summed E-state index contributed by atoms with van der Waals surface area (Å²) in [7, 11) is -4.99. The number of nitrogens with zero attached hydrogens (tertiary/aromatic N) is 6. The number of nitrogens with one attached hydrogen (secondary N) is 1. The molecule has 3 heterocycles. The van der Waals surface area contributed by atoms with Crippen molar-refractivity contribution in [3.8, 4) is 22.9 Å². The Balaban J connectivity index is 0.00000166. The molecule has 168 valence electrons. The minimum atomic E-state index is -4.99. The summed E-state index contributed by atoms with van der Waals surface area (Å²) in [6.07, 6.45) is 0.503. The van der Waals surface area contributed by atoms with Crippen LogP contribution in [0.2, 0.25) is 0 Å². The third-order valence-electron chi connectivity index (χ3n) is 3.54. The molecule has 0 aliphatic rings. The highest BCUT2D eigenvalue weighted by Crippen LogP contribution is 2.38. The highest BCUT2D eigenvalue weighted by molar-refractivity contribution is 7.46. The van der Waals surface area contributed by atoms with Gasteiger partial charge in [0.15, 0.2) is 12.6 Å². The Hall–Kier alpha value is -3.06. The van der Waals surface area contributed by atoms with E-state index in [4.69, 9.17) is 9.79 Å². The first-order valence-electron chi connectivity index (χ1n) is 8.63. The number of aromatic amines is 1. The summed E-state index contributed by atoms with van der Waals surface area (Å²) in [5.74, 6) is -1.76. The first kappa shape index (κ1) is 24.2. The van der Waals surface area contributed by atoms with E-state index >= 15 is 0 Å². The highest BCUT2D eigenvalue weighted by atomic mass is 31.2. The molecule has 0 aliphatic heterocycles. The molecule has 3 aromatic heterocycles. The minimum absolute atomic E-state index is 0.0960. The Bertz CT molecular complexity index is 1100. The van der Waals surface area contributed by atoms with Crippen LogP contribution in [0, 0.1) is 0 Å². The van der Waals surface area contributed by atoms with E-state index in [-0.39, 0.29) is 17.2 Å². The zero-order valence-electron chi connectivity index (χ0n) is 16.4. The van der Waals surface area contributed by atoms with Crippen molar-refractivity contribution in [1.82, 2.24) is 34.3 Å². The molecule has 0 radical (unpaired) electrons. The van der Waals surface area contributed by atoms with E-state index in [9.17, 15) is 17.7 Å². The number of phosphoric acid groups is 1. The fourth-order valence-corrected chi connectivity index (χ4v) is 2.69. The fourth-order valence-electron chi connectivity index (χ4n) is 2.43. The molecule has 0 amide bonds. The Labute approximate surface area is 174 Å². The van der Waals surface area contributed by atoms with Crippen molar-refractivity contribution in [3.05, 3.63) is 37.3 Å². The molecule has 3 rings (SSSR count). The summed E-state index contributed by atoms with van der Waals surface area (Å²) in [6.45, 7) is 10.2. The van der Waals surface area contributed by atoms with E-state index in [2.05, 4.69) is 42.7 Å². The van der Waals surface area contributed by atoms with Gasteiger partial charge in [0, 0.05) is 6.20 Å². The third kappa shape index (κ3) is 5.35. The van der Waals surface area contributed by atoms with Gasteiger partial charge in [0.25, 0.3) is 5.82 Å². The molecule has 0 saturated carbocycles. The van der Waals surface area contributed by atoms with E-state index in [1.807, 2.05) is 13.8 Å². The normalized spacial score (nSPS) is 11.7. The van der Waals surface area contributed by atoms with Crippen molar-refractivity contribution in [2.24, 2.45) is 0 Å². The van der Waals surface area contributed by atoms with Crippen molar-refractivity contribution < 1.29 is 32.0 Å². The predicted molar refractivity (Wildman–Crippen MR) is 105 cm³/mol. The summed E-state index contributed by atoms with van der Waals surface area (Å²) in [6, 6.07) is 0. The van der Waals surface area contributed by atoms with Gasteiger partial charge in [0.1, 0.15) is 17.2 Å². The van der Waals surface area contributed by atoms with Crippen LogP contribution in [-0.2, 0) is 22.0 Å². The average Bonchev–Trinajstić information content (AvgIpc) is 3.43. The number of halogens is 3. The second-order valence-corrected chi connectivity index (χ2v) is 6.63. The first-order chi connectivity index (χ1) is 14.5. The zero-order chi connectivity index (χ0) is 23.4. The molecule has 0 spiro atoms. The number of phosphoric ester groups is 1. The third-order valence-corrected chi connectivity index (χ3v) is 3.99. The Morgan fingerprint density at radius 3 is 2.45 bits per heavy atom. The summed E-state index contributed by atoms with van der Waals surface area (Å²) < 4.78 is 56.7. The second-order valence-electron chi connectivity index (χ2n) is 5.39. The van der Waals surface area contributed by atoms with Gasteiger partial charge >= 0.3 is 14.0 Å². The second kappa shape index (κ2) is 9.39. The van der Waals surface area contributed by atoms with Crippen LogP contribution in [-0.4, -0.2) is 44.1 Å².